The van der Waals surface area contributed by atoms with E-state index in [9.17, 15) is 4.79 Å². The highest BCUT2D eigenvalue weighted by Gasteiger charge is 2.20. The fourth-order valence-corrected chi connectivity index (χ4v) is 0.885. The van der Waals surface area contributed by atoms with E-state index < -0.39 is 0 Å². The standard InChI is InChI=1S/C7H14N2O/c1-8-7(10)9-5-4-6-2-3-6/h6H,2-5H2,1H3,(H2,8,9,10). The van der Waals surface area contributed by atoms with Crippen LogP contribution < -0.4 is 10.6 Å². The van der Waals surface area contributed by atoms with Gasteiger partial charge in [-0.15, -0.1) is 0 Å². The number of carbonyl (C=O) groups excluding carboxylic acids is 1. The van der Waals surface area contributed by atoms with Crippen LogP contribution in [0.25, 0.3) is 0 Å². The van der Waals surface area contributed by atoms with Crippen molar-refractivity contribution < 1.29 is 4.79 Å². The highest BCUT2D eigenvalue weighted by atomic mass is 16.2. The Kier molecular flexibility index (Phi) is 2.54. The van der Waals surface area contributed by atoms with Gasteiger partial charge in [0, 0.05) is 13.6 Å². The minimum atomic E-state index is -0.0688. The third-order valence-corrected chi connectivity index (χ3v) is 1.76. The third kappa shape index (κ3) is 2.71. The van der Waals surface area contributed by atoms with Crippen LogP contribution in [-0.2, 0) is 0 Å². The lowest BCUT2D eigenvalue weighted by Crippen LogP contribution is -2.33. The summed E-state index contributed by atoms with van der Waals surface area (Å²) in [5, 5.41) is 5.26. The first-order valence-corrected chi connectivity index (χ1v) is 3.78. The van der Waals surface area contributed by atoms with Crippen molar-refractivity contribution in [1.29, 1.82) is 0 Å². The molecule has 3 nitrogen and oxygen atoms in total. The van der Waals surface area contributed by atoms with Gasteiger partial charge in [0.25, 0.3) is 0 Å². The van der Waals surface area contributed by atoms with Crippen LogP contribution in [0.1, 0.15) is 19.3 Å². The Hall–Kier alpha value is -0.730. The van der Waals surface area contributed by atoms with Gasteiger partial charge < -0.3 is 10.6 Å². The molecule has 0 heterocycles. The SMILES string of the molecule is CNC(=O)NCCC1CC1. The molecular weight excluding hydrogens is 128 g/mol. The summed E-state index contributed by atoms with van der Waals surface area (Å²) in [4.78, 5) is 10.6. The van der Waals surface area contributed by atoms with E-state index in [-0.39, 0.29) is 6.03 Å². The van der Waals surface area contributed by atoms with Crippen molar-refractivity contribution in [3.8, 4) is 0 Å². The molecule has 1 rings (SSSR count). The zero-order chi connectivity index (χ0) is 7.40. The molecule has 3 heteroatoms. The van der Waals surface area contributed by atoms with Gasteiger partial charge in [-0.2, -0.15) is 0 Å². The van der Waals surface area contributed by atoms with Gasteiger partial charge in [0.15, 0.2) is 0 Å². The van der Waals surface area contributed by atoms with Gasteiger partial charge in [-0.25, -0.2) is 4.79 Å². The molecule has 0 aliphatic heterocycles. The molecule has 1 saturated carbocycles. The van der Waals surface area contributed by atoms with E-state index in [2.05, 4.69) is 10.6 Å². The zero-order valence-corrected chi connectivity index (χ0v) is 6.31. The summed E-state index contributed by atoms with van der Waals surface area (Å²) in [5.41, 5.74) is 0. The van der Waals surface area contributed by atoms with Gasteiger partial charge in [0.2, 0.25) is 0 Å². The largest absolute Gasteiger partial charge is 0.341 e. The Morgan fingerprint density at radius 2 is 2.30 bits per heavy atom. The number of rotatable bonds is 3. The Bertz CT molecular complexity index is 121. The second-order valence-corrected chi connectivity index (χ2v) is 2.74. The molecule has 1 fully saturated rings. The van der Waals surface area contributed by atoms with Crippen molar-refractivity contribution >= 4 is 6.03 Å². The summed E-state index contributed by atoms with van der Waals surface area (Å²) < 4.78 is 0. The van der Waals surface area contributed by atoms with E-state index in [1.165, 1.54) is 12.8 Å². The normalized spacial score (nSPS) is 16.5. The van der Waals surface area contributed by atoms with Crippen LogP contribution >= 0.6 is 0 Å². The van der Waals surface area contributed by atoms with Crippen molar-refractivity contribution in [2.45, 2.75) is 19.3 Å². The van der Waals surface area contributed by atoms with Crippen LogP contribution in [0.2, 0.25) is 0 Å². The van der Waals surface area contributed by atoms with E-state index in [0.717, 1.165) is 18.9 Å². The van der Waals surface area contributed by atoms with Gasteiger partial charge in [0.1, 0.15) is 0 Å². The summed E-state index contributed by atoms with van der Waals surface area (Å²) in [6.07, 6.45) is 3.86. The van der Waals surface area contributed by atoms with E-state index >= 15 is 0 Å². The highest BCUT2D eigenvalue weighted by Crippen LogP contribution is 2.31. The van der Waals surface area contributed by atoms with Crippen LogP contribution in [0.15, 0.2) is 0 Å². The number of nitrogens with one attached hydrogen (secondary N) is 2. The average Bonchev–Trinajstić information content (AvgIpc) is 2.71. The van der Waals surface area contributed by atoms with Crippen molar-refractivity contribution in [1.82, 2.24) is 10.6 Å². The molecule has 0 radical (unpaired) electrons. The fraction of sp³-hybridized carbons (Fsp3) is 0.857. The topological polar surface area (TPSA) is 41.1 Å². The van der Waals surface area contributed by atoms with Crippen molar-refractivity contribution in [3.63, 3.8) is 0 Å². The molecule has 0 unspecified atom stereocenters. The first kappa shape index (κ1) is 7.38. The van der Waals surface area contributed by atoms with Crippen LogP contribution in [0.3, 0.4) is 0 Å². The number of hydrogen-bond acceptors (Lipinski definition) is 1. The number of urea groups is 1. The molecule has 0 bridgehead atoms. The van der Waals surface area contributed by atoms with Gasteiger partial charge in [-0.1, -0.05) is 12.8 Å². The van der Waals surface area contributed by atoms with Gasteiger partial charge in [-0.3, -0.25) is 0 Å². The van der Waals surface area contributed by atoms with Gasteiger partial charge in [-0.05, 0) is 12.3 Å². The van der Waals surface area contributed by atoms with Crippen LogP contribution in [0.5, 0.6) is 0 Å². The van der Waals surface area contributed by atoms with Crippen molar-refractivity contribution in [3.05, 3.63) is 0 Å². The second kappa shape index (κ2) is 3.44. The van der Waals surface area contributed by atoms with Crippen molar-refractivity contribution in [2.75, 3.05) is 13.6 Å². The maximum absolute atomic E-state index is 10.6. The molecule has 0 aromatic rings. The van der Waals surface area contributed by atoms with Crippen LogP contribution in [0, 0.1) is 5.92 Å². The molecule has 0 aromatic heterocycles. The zero-order valence-electron chi connectivity index (χ0n) is 6.31. The molecule has 1 aliphatic carbocycles. The fourth-order valence-electron chi connectivity index (χ4n) is 0.885. The molecule has 2 N–H and O–H groups in total. The van der Waals surface area contributed by atoms with E-state index in [1.54, 1.807) is 7.05 Å². The molecule has 0 atom stereocenters. The first-order valence-electron chi connectivity index (χ1n) is 3.78. The molecular formula is C7H14N2O. The Labute approximate surface area is 61.2 Å². The third-order valence-electron chi connectivity index (χ3n) is 1.76. The number of amides is 2. The summed E-state index contributed by atoms with van der Waals surface area (Å²) in [6.45, 7) is 0.824. The highest BCUT2D eigenvalue weighted by molar-refractivity contribution is 5.73. The van der Waals surface area contributed by atoms with E-state index in [4.69, 9.17) is 0 Å². The summed E-state index contributed by atoms with van der Waals surface area (Å²) in [5.74, 6) is 0.900. The predicted octanol–water partition coefficient (Wildman–Crippen LogP) is 0.715. The lowest BCUT2D eigenvalue weighted by molar-refractivity contribution is 0.242. The Morgan fingerprint density at radius 1 is 1.60 bits per heavy atom. The van der Waals surface area contributed by atoms with E-state index in [1.807, 2.05) is 0 Å². The van der Waals surface area contributed by atoms with Crippen molar-refractivity contribution in [2.24, 2.45) is 5.92 Å². The second-order valence-electron chi connectivity index (χ2n) is 2.74. The van der Waals surface area contributed by atoms with E-state index in [0.29, 0.717) is 0 Å². The summed E-state index contributed by atoms with van der Waals surface area (Å²) >= 11 is 0. The molecule has 0 saturated heterocycles. The quantitative estimate of drug-likeness (QED) is 0.599. The molecule has 2 amide bonds. The number of carbonyl (C=O) groups is 1. The Morgan fingerprint density at radius 3 is 2.80 bits per heavy atom. The smallest absolute Gasteiger partial charge is 0.314 e. The van der Waals surface area contributed by atoms with Gasteiger partial charge in [0.05, 0.1) is 0 Å². The summed E-state index contributed by atoms with van der Waals surface area (Å²) in [7, 11) is 1.63. The molecule has 1 aliphatic rings. The monoisotopic (exact) mass is 142 g/mol. The predicted molar refractivity (Wildman–Crippen MR) is 39.8 cm³/mol. The van der Waals surface area contributed by atoms with Crippen LogP contribution in [0.4, 0.5) is 4.79 Å². The molecule has 10 heavy (non-hydrogen) atoms. The molecule has 0 aromatic carbocycles. The maximum Gasteiger partial charge on any atom is 0.314 e. The van der Waals surface area contributed by atoms with Crippen LogP contribution in [-0.4, -0.2) is 19.6 Å². The summed E-state index contributed by atoms with van der Waals surface area (Å²) in [6, 6.07) is -0.0688. The first-order chi connectivity index (χ1) is 4.83. The lowest BCUT2D eigenvalue weighted by Gasteiger charge is -2.01. The maximum atomic E-state index is 10.6. The molecule has 0 spiro atoms. The van der Waals surface area contributed by atoms with Gasteiger partial charge >= 0.3 is 6.03 Å². The minimum Gasteiger partial charge on any atom is -0.341 e. The molecule has 58 valence electrons. The average molecular weight is 142 g/mol. The minimum absolute atomic E-state index is 0.0688. The number of hydrogen-bond donors (Lipinski definition) is 2. The Balaban J connectivity index is 1.88. The lowest BCUT2D eigenvalue weighted by atomic mass is 10.3.